The monoisotopic (exact) mass is 401 g/mol. The van der Waals surface area contributed by atoms with Gasteiger partial charge in [0.25, 0.3) is 0 Å². The van der Waals surface area contributed by atoms with Gasteiger partial charge in [0.2, 0.25) is 5.28 Å². The van der Waals surface area contributed by atoms with Crippen LogP contribution in [-0.4, -0.2) is 35.3 Å². The van der Waals surface area contributed by atoms with Gasteiger partial charge in [-0.05, 0) is 42.5 Å². The SMILES string of the molecule is CC1CN(c2nc(Cl)nc3scc(-c4ccc(C(C)C)cc4)c23)CC(C)O1. The maximum absolute atomic E-state index is 6.25. The molecule has 0 radical (unpaired) electrons. The van der Waals surface area contributed by atoms with Crippen LogP contribution in [0.2, 0.25) is 5.28 Å². The standard InChI is InChI=1S/C21H24ClN3OS/c1-12(2)15-5-7-16(8-6-15)17-11-27-20-18(17)19(23-21(22)24-20)25-9-13(3)26-14(4)10-25/h5-8,11-14H,9-10H2,1-4H3. The number of aromatic nitrogens is 2. The highest BCUT2D eigenvalue weighted by Gasteiger charge is 2.27. The molecule has 2 aromatic heterocycles. The number of hydrogen-bond acceptors (Lipinski definition) is 5. The van der Waals surface area contributed by atoms with Crippen LogP contribution in [-0.2, 0) is 4.74 Å². The Morgan fingerprint density at radius 2 is 1.78 bits per heavy atom. The second-order valence-corrected chi connectivity index (χ2v) is 8.78. The zero-order valence-corrected chi connectivity index (χ0v) is 17.6. The number of ether oxygens (including phenoxy) is 1. The maximum atomic E-state index is 6.25. The molecule has 142 valence electrons. The van der Waals surface area contributed by atoms with E-state index in [0.29, 0.717) is 11.2 Å². The Hall–Kier alpha value is -1.69. The van der Waals surface area contributed by atoms with Crippen LogP contribution in [0.25, 0.3) is 21.3 Å². The quantitative estimate of drug-likeness (QED) is 0.524. The van der Waals surface area contributed by atoms with Crippen molar-refractivity contribution in [1.29, 1.82) is 0 Å². The van der Waals surface area contributed by atoms with E-state index >= 15 is 0 Å². The summed E-state index contributed by atoms with van der Waals surface area (Å²) in [6, 6.07) is 8.80. The first-order valence-corrected chi connectivity index (χ1v) is 10.6. The molecule has 1 saturated heterocycles. The van der Waals surface area contributed by atoms with Gasteiger partial charge in [-0.1, -0.05) is 38.1 Å². The molecular formula is C21H24ClN3OS. The molecule has 2 unspecified atom stereocenters. The predicted octanol–water partition coefficient (Wildman–Crippen LogP) is 5.75. The van der Waals surface area contributed by atoms with E-state index in [1.807, 2.05) is 0 Å². The number of morpholine rings is 1. The molecule has 27 heavy (non-hydrogen) atoms. The van der Waals surface area contributed by atoms with Crippen molar-refractivity contribution in [2.45, 2.75) is 45.8 Å². The number of anilines is 1. The number of thiophene rings is 1. The molecule has 0 bridgehead atoms. The summed E-state index contributed by atoms with van der Waals surface area (Å²) >= 11 is 7.87. The van der Waals surface area contributed by atoms with Gasteiger partial charge in [0.15, 0.2) is 0 Å². The molecule has 1 aliphatic heterocycles. The van der Waals surface area contributed by atoms with Gasteiger partial charge in [-0.15, -0.1) is 11.3 Å². The molecule has 0 aliphatic carbocycles. The van der Waals surface area contributed by atoms with Crippen LogP contribution in [0.1, 0.15) is 39.2 Å². The molecule has 1 aromatic carbocycles. The minimum atomic E-state index is 0.157. The summed E-state index contributed by atoms with van der Waals surface area (Å²) in [5.74, 6) is 1.43. The summed E-state index contributed by atoms with van der Waals surface area (Å²) in [4.78, 5) is 12.3. The first-order chi connectivity index (χ1) is 12.9. The fourth-order valence-electron chi connectivity index (χ4n) is 3.74. The largest absolute Gasteiger partial charge is 0.372 e. The number of fused-ring (bicyclic) bond motifs is 1. The van der Waals surface area contributed by atoms with Crippen molar-refractivity contribution in [3.63, 3.8) is 0 Å². The second-order valence-electron chi connectivity index (χ2n) is 7.58. The Morgan fingerprint density at radius 3 is 2.41 bits per heavy atom. The van der Waals surface area contributed by atoms with E-state index in [2.05, 4.69) is 72.2 Å². The van der Waals surface area contributed by atoms with E-state index in [1.165, 1.54) is 16.7 Å². The van der Waals surface area contributed by atoms with Gasteiger partial charge < -0.3 is 9.64 Å². The molecule has 4 nitrogen and oxygen atoms in total. The lowest BCUT2D eigenvalue weighted by molar-refractivity contribution is -0.00537. The highest BCUT2D eigenvalue weighted by molar-refractivity contribution is 7.17. The third-order valence-corrected chi connectivity index (χ3v) is 6.04. The molecule has 4 rings (SSSR count). The molecule has 3 aromatic rings. The molecule has 6 heteroatoms. The minimum Gasteiger partial charge on any atom is -0.372 e. The predicted molar refractivity (Wildman–Crippen MR) is 114 cm³/mol. The number of hydrogen-bond donors (Lipinski definition) is 0. The lowest BCUT2D eigenvalue weighted by atomic mass is 9.99. The van der Waals surface area contributed by atoms with Crippen molar-refractivity contribution in [3.8, 4) is 11.1 Å². The lowest BCUT2D eigenvalue weighted by Crippen LogP contribution is -2.46. The smallest absolute Gasteiger partial charge is 0.225 e. The third kappa shape index (κ3) is 3.68. The summed E-state index contributed by atoms with van der Waals surface area (Å²) < 4.78 is 5.90. The van der Waals surface area contributed by atoms with E-state index in [0.717, 1.165) is 29.1 Å². The van der Waals surface area contributed by atoms with E-state index < -0.39 is 0 Å². The summed E-state index contributed by atoms with van der Waals surface area (Å²) in [6.07, 6.45) is 0.315. The molecular weight excluding hydrogens is 378 g/mol. The van der Waals surface area contributed by atoms with Crippen LogP contribution in [0.4, 0.5) is 5.82 Å². The van der Waals surface area contributed by atoms with Crippen LogP contribution in [0.15, 0.2) is 29.6 Å². The van der Waals surface area contributed by atoms with Gasteiger partial charge in [-0.3, -0.25) is 0 Å². The second kappa shape index (κ2) is 7.38. The molecule has 0 amide bonds. The summed E-state index contributed by atoms with van der Waals surface area (Å²) in [6.45, 7) is 10.2. The molecule has 1 fully saturated rings. The highest BCUT2D eigenvalue weighted by atomic mass is 35.5. The van der Waals surface area contributed by atoms with Crippen molar-refractivity contribution in [3.05, 3.63) is 40.5 Å². The van der Waals surface area contributed by atoms with Crippen LogP contribution >= 0.6 is 22.9 Å². The molecule has 0 spiro atoms. The molecule has 2 atom stereocenters. The first-order valence-electron chi connectivity index (χ1n) is 9.38. The van der Waals surface area contributed by atoms with Crippen LogP contribution < -0.4 is 4.90 Å². The van der Waals surface area contributed by atoms with Crippen molar-refractivity contribution in [2.75, 3.05) is 18.0 Å². The van der Waals surface area contributed by atoms with Gasteiger partial charge in [-0.25, -0.2) is 4.98 Å². The van der Waals surface area contributed by atoms with E-state index in [1.54, 1.807) is 11.3 Å². The van der Waals surface area contributed by atoms with Gasteiger partial charge in [-0.2, -0.15) is 4.98 Å². The fourth-order valence-corrected chi connectivity index (χ4v) is 4.89. The molecule has 0 N–H and O–H groups in total. The molecule has 3 heterocycles. The van der Waals surface area contributed by atoms with Crippen LogP contribution in [0, 0.1) is 0 Å². The van der Waals surface area contributed by atoms with Crippen molar-refractivity contribution < 1.29 is 4.74 Å². The van der Waals surface area contributed by atoms with Gasteiger partial charge in [0.05, 0.1) is 17.6 Å². The van der Waals surface area contributed by atoms with Crippen LogP contribution in [0.5, 0.6) is 0 Å². The maximum Gasteiger partial charge on any atom is 0.225 e. The van der Waals surface area contributed by atoms with E-state index in [4.69, 9.17) is 16.3 Å². The Balaban J connectivity index is 1.83. The zero-order chi connectivity index (χ0) is 19.1. The normalized spacial score (nSPS) is 20.6. The van der Waals surface area contributed by atoms with Crippen molar-refractivity contribution in [2.24, 2.45) is 0 Å². The van der Waals surface area contributed by atoms with Gasteiger partial charge in [0, 0.05) is 24.0 Å². The van der Waals surface area contributed by atoms with Crippen molar-refractivity contribution in [1.82, 2.24) is 9.97 Å². The third-order valence-electron chi connectivity index (χ3n) is 4.99. The summed E-state index contributed by atoms with van der Waals surface area (Å²) in [5.41, 5.74) is 3.70. The van der Waals surface area contributed by atoms with Gasteiger partial charge in [0.1, 0.15) is 10.6 Å². The number of rotatable bonds is 3. The summed E-state index contributed by atoms with van der Waals surface area (Å²) in [7, 11) is 0. The fraction of sp³-hybridized carbons (Fsp3) is 0.429. The van der Waals surface area contributed by atoms with Crippen molar-refractivity contribution >= 4 is 39.0 Å². The Kier molecular flexibility index (Phi) is 5.10. The molecule has 0 saturated carbocycles. The van der Waals surface area contributed by atoms with Crippen LogP contribution in [0.3, 0.4) is 0 Å². The number of benzene rings is 1. The summed E-state index contributed by atoms with van der Waals surface area (Å²) in [5, 5.41) is 3.55. The Bertz CT molecular complexity index is 944. The first kappa shape index (κ1) is 18.7. The van der Waals surface area contributed by atoms with E-state index in [-0.39, 0.29) is 12.2 Å². The average Bonchev–Trinajstić information content (AvgIpc) is 3.04. The van der Waals surface area contributed by atoms with Gasteiger partial charge >= 0.3 is 0 Å². The topological polar surface area (TPSA) is 38.2 Å². The number of halogens is 1. The minimum absolute atomic E-state index is 0.157. The molecule has 1 aliphatic rings. The average molecular weight is 402 g/mol. The highest BCUT2D eigenvalue weighted by Crippen LogP contribution is 2.39. The Labute approximate surface area is 169 Å². The lowest BCUT2D eigenvalue weighted by Gasteiger charge is -2.36. The Morgan fingerprint density at radius 1 is 1.11 bits per heavy atom. The zero-order valence-electron chi connectivity index (χ0n) is 16.1. The van der Waals surface area contributed by atoms with E-state index in [9.17, 15) is 0 Å². The number of nitrogens with zero attached hydrogens (tertiary/aromatic N) is 3.